The summed E-state index contributed by atoms with van der Waals surface area (Å²) in [6.45, 7) is 9.47. The molecule has 188 valence electrons. The Morgan fingerprint density at radius 3 is 2.49 bits per heavy atom. The van der Waals surface area contributed by atoms with Crippen LogP contribution in [-0.4, -0.2) is 66.5 Å². The third-order valence-corrected chi connectivity index (χ3v) is 6.52. The second kappa shape index (κ2) is 12.1. The van der Waals surface area contributed by atoms with Crippen LogP contribution in [0.4, 0.5) is 0 Å². The second-order valence-electron chi connectivity index (χ2n) is 8.23. The Balaban J connectivity index is 2.06. The number of amides is 1. The maximum absolute atomic E-state index is 13.2. The molecule has 0 bridgehead atoms. The van der Waals surface area contributed by atoms with Crippen molar-refractivity contribution in [3.63, 3.8) is 0 Å². The molecule has 8 heteroatoms. The topological polar surface area (TPSA) is 79.3 Å². The van der Waals surface area contributed by atoms with Crippen molar-refractivity contribution in [1.82, 2.24) is 9.80 Å². The van der Waals surface area contributed by atoms with E-state index in [1.54, 1.807) is 42.3 Å². The molecule has 1 fully saturated rings. The number of Topliss-reactive ketones (excluding diaryl/α,β-unsaturated/α-hetero) is 1. The van der Waals surface area contributed by atoms with Crippen molar-refractivity contribution < 1.29 is 24.2 Å². The van der Waals surface area contributed by atoms with E-state index in [0.29, 0.717) is 47.2 Å². The molecular weight excluding hydrogens is 468 g/mol. The highest BCUT2D eigenvalue weighted by Crippen LogP contribution is 2.41. The number of carbonyl (C=O) groups excluding carboxylic acids is 2. The van der Waals surface area contributed by atoms with Crippen LogP contribution < -0.4 is 9.47 Å². The number of aliphatic hydroxyl groups is 1. The van der Waals surface area contributed by atoms with Gasteiger partial charge in [-0.2, -0.15) is 0 Å². The van der Waals surface area contributed by atoms with Gasteiger partial charge in [-0.1, -0.05) is 37.6 Å². The predicted molar refractivity (Wildman–Crippen MR) is 137 cm³/mol. The summed E-state index contributed by atoms with van der Waals surface area (Å²) in [5.74, 6) is -0.543. The molecular formula is C27H33ClN2O5. The maximum Gasteiger partial charge on any atom is 0.295 e. The van der Waals surface area contributed by atoms with Crippen LogP contribution in [0.5, 0.6) is 11.5 Å². The zero-order valence-corrected chi connectivity index (χ0v) is 21.5. The van der Waals surface area contributed by atoms with Gasteiger partial charge in [0, 0.05) is 12.1 Å². The van der Waals surface area contributed by atoms with Gasteiger partial charge in [0.2, 0.25) is 0 Å². The van der Waals surface area contributed by atoms with Gasteiger partial charge >= 0.3 is 0 Å². The quantitative estimate of drug-likeness (QED) is 0.268. The first-order chi connectivity index (χ1) is 16.9. The fraction of sp³-hybridized carbons (Fsp3) is 0.407. The molecule has 1 saturated heterocycles. The van der Waals surface area contributed by atoms with Gasteiger partial charge in [-0.25, -0.2) is 0 Å². The fourth-order valence-electron chi connectivity index (χ4n) is 4.35. The lowest BCUT2D eigenvalue weighted by Crippen LogP contribution is -2.33. The van der Waals surface area contributed by atoms with E-state index in [2.05, 4.69) is 18.7 Å². The Morgan fingerprint density at radius 1 is 1.11 bits per heavy atom. The molecule has 2 aromatic rings. The van der Waals surface area contributed by atoms with E-state index in [0.717, 1.165) is 19.6 Å². The van der Waals surface area contributed by atoms with E-state index in [-0.39, 0.29) is 11.3 Å². The summed E-state index contributed by atoms with van der Waals surface area (Å²) in [4.78, 5) is 30.2. The molecule has 1 atom stereocenters. The number of ether oxygens (including phenoxy) is 2. The highest BCUT2D eigenvalue weighted by molar-refractivity contribution is 6.46. The van der Waals surface area contributed by atoms with Crippen molar-refractivity contribution in [3.8, 4) is 11.5 Å². The molecule has 0 saturated carbocycles. The minimum absolute atomic E-state index is 0.0336. The number of likely N-dealkylation sites (tertiary alicyclic amines) is 1. The molecule has 1 aliphatic rings. The van der Waals surface area contributed by atoms with Gasteiger partial charge in [-0.3, -0.25) is 9.59 Å². The summed E-state index contributed by atoms with van der Waals surface area (Å²) in [6, 6.07) is 11.3. The van der Waals surface area contributed by atoms with Gasteiger partial charge < -0.3 is 24.4 Å². The normalized spacial score (nSPS) is 17.3. The molecule has 2 aromatic carbocycles. The summed E-state index contributed by atoms with van der Waals surface area (Å²) in [5.41, 5.74) is 1.06. The van der Waals surface area contributed by atoms with Crippen LogP contribution in [0.15, 0.2) is 48.0 Å². The minimum atomic E-state index is -0.743. The zero-order chi connectivity index (χ0) is 25.5. The Labute approximate surface area is 211 Å². The lowest BCUT2D eigenvalue weighted by molar-refractivity contribution is -0.140. The monoisotopic (exact) mass is 500 g/mol. The van der Waals surface area contributed by atoms with Gasteiger partial charge in [0.05, 0.1) is 30.4 Å². The molecule has 1 heterocycles. The van der Waals surface area contributed by atoms with Crippen molar-refractivity contribution in [1.29, 1.82) is 0 Å². The number of halogens is 1. The highest BCUT2D eigenvalue weighted by atomic mass is 35.5. The molecule has 0 aromatic heterocycles. The number of methoxy groups -OCH3 is 1. The van der Waals surface area contributed by atoms with E-state index in [9.17, 15) is 14.7 Å². The average molecular weight is 501 g/mol. The highest BCUT2D eigenvalue weighted by Gasteiger charge is 2.46. The first kappa shape index (κ1) is 26.6. The maximum atomic E-state index is 13.2. The first-order valence-electron chi connectivity index (χ1n) is 11.9. The predicted octanol–water partition coefficient (Wildman–Crippen LogP) is 4.90. The summed E-state index contributed by atoms with van der Waals surface area (Å²) < 4.78 is 10.8. The fourth-order valence-corrected chi connectivity index (χ4v) is 4.58. The molecule has 1 aliphatic heterocycles. The van der Waals surface area contributed by atoms with E-state index >= 15 is 0 Å². The first-order valence-corrected chi connectivity index (χ1v) is 12.3. The van der Waals surface area contributed by atoms with Crippen LogP contribution in [0.25, 0.3) is 5.76 Å². The molecule has 0 radical (unpaired) electrons. The minimum Gasteiger partial charge on any atom is -0.507 e. The molecule has 3 rings (SSSR count). The van der Waals surface area contributed by atoms with Crippen molar-refractivity contribution in [2.45, 2.75) is 33.2 Å². The van der Waals surface area contributed by atoms with Gasteiger partial charge in [-0.05, 0) is 68.9 Å². The standard InChI is InChI=1S/C27H33ClN2O5/c1-5-29(6-2)14-9-15-30-24(18-10-8-11-20(16-18)34-4)23(26(32)27(30)33)25(31)19-12-13-22(35-7-3)21(28)17-19/h8,10-13,16-17,24,31H,5-7,9,14-15H2,1-4H3/t24-/m1/s1. The number of hydrogen-bond acceptors (Lipinski definition) is 6. The summed E-state index contributed by atoms with van der Waals surface area (Å²) in [5, 5.41) is 11.6. The molecule has 1 N–H and O–H groups in total. The van der Waals surface area contributed by atoms with Crippen LogP contribution in [0, 0.1) is 0 Å². The van der Waals surface area contributed by atoms with E-state index in [1.807, 2.05) is 13.0 Å². The number of nitrogens with zero attached hydrogens (tertiary/aromatic N) is 2. The number of aliphatic hydroxyl groups excluding tert-OH is 1. The number of rotatable bonds is 11. The third-order valence-electron chi connectivity index (χ3n) is 6.22. The van der Waals surface area contributed by atoms with E-state index in [1.165, 1.54) is 6.07 Å². The molecule has 35 heavy (non-hydrogen) atoms. The van der Waals surface area contributed by atoms with Crippen molar-refractivity contribution >= 4 is 29.1 Å². The molecule has 1 amide bonds. The summed E-state index contributed by atoms with van der Waals surface area (Å²) in [6.07, 6.45) is 0.699. The molecule has 7 nitrogen and oxygen atoms in total. The third kappa shape index (κ3) is 5.80. The lowest BCUT2D eigenvalue weighted by Gasteiger charge is -2.27. The summed E-state index contributed by atoms with van der Waals surface area (Å²) in [7, 11) is 1.56. The van der Waals surface area contributed by atoms with Crippen LogP contribution in [0.3, 0.4) is 0 Å². The summed E-state index contributed by atoms with van der Waals surface area (Å²) >= 11 is 6.33. The molecule has 0 aliphatic carbocycles. The van der Waals surface area contributed by atoms with Crippen LogP contribution >= 0.6 is 11.6 Å². The Morgan fingerprint density at radius 2 is 1.86 bits per heavy atom. The van der Waals surface area contributed by atoms with E-state index in [4.69, 9.17) is 21.1 Å². The van der Waals surface area contributed by atoms with Gasteiger partial charge in [0.15, 0.2) is 0 Å². The van der Waals surface area contributed by atoms with E-state index < -0.39 is 17.7 Å². The van der Waals surface area contributed by atoms with Crippen LogP contribution in [0.1, 0.15) is 44.4 Å². The Kier molecular flexibility index (Phi) is 9.18. The average Bonchev–Trinajstić information content (AvgIpc) is 3.12. The zero-order valence-electron chi connectivity index (χ0n) is 20.7. The Bertz CT molecular complexity index is 1100. The van der Waals surface area contributed by atoms with Crippen molar-refractivity contribution in [2.24, 2.45) is 0 Å². The smallest absolute Gasteiger partial charge is 0.295 e. The number of carbonyl (C=O) groups is 2. The van der Waals surface area contributed by atoms with Crippen molar-refractivity contribution in [2.75, 3.05) is 39.9 Å². The van der Waals surface area contributed by atoms with Gasteiger partial charge in [-0.15, -0.1) is 0 Å². The van der Waals surface area contributed by atoms with Gasteiger partial charge in [0.1, 0.15) is 17.3 Å². The largest absolute Gasteiger partial charge is 0.507 e. The number of hydrogen-bond donors (Lipinski definition) is 1. The Hall–Kier alpha value is -3.03. The van der Waals surface area contributed by atoms with Gasteiger partial charge in [0.25, 0.3) is 11.7 Å². The number of ketones is 1. The molecule has 0 spiro atoms. The molecule has 0 unspecified atom stereocenters. The number of benzene rings is 2. The second-order valence-corrected chi connectivity index (χ2v) is 8.63. The van der Waals surface area contributed by atoms with Crippen LogP contribution in [-0.2, 0) is 9.59 Å². The SMILES string of the molecule is CCOc1ccc(C(O)=C2C(=O)C(=O)N(CCCN(CC)CC)[C@@H]2c2cccc(OC)c2)cc1Cl. The lowest BCUT2D eigenvalue weighted by atomic mass is 9.95. The van der Waals surface area contributed by atoms with Crippen molar-refractivity contribution in [3.05, 3.63) is 64.2 Å². The van der Waals surface area contributed by atoms with Crippen LogP contribution in [0.2, 0.25) is 5.02 Å².